The van der Waals surface area contributed by atoms with E-state index in [0.717, 1.165) is 0 Å². The zero-order valence-corrected chi connectivity index (χ0v) is 12.0. The molecule has 0 aromatic carbocycles. The van der Waals surface area contributed by atoms with Crippen LogP contribution in [0.1, 0.15) is 6.42 Å². The van der Waals surface area contributed by atoms with E-state index >= 15 is 0 Å². The first-order chi connectivity index (χ1) is 8.81. The van der Waals surface area contributed by atoms with Crippen molar-refractivity contribution in [3.8, 4) is 0 Å². The summed E-state index contributed by atoms with van der Waals surface area (Å²) in [6.07, 6.45) is 1.68. The van der Waals surface area contributed by atoms with Crippen LogP contribution >= 0.6 is 0 Å². The number of anilines is 3. The molecule has 0 radical (unpaired) electrons. The SMILES string of the molecule is CN(C)c1nc(NN)nc(NCCCS(C)(=O)=O)n1. The Labute approximate surface area is 112 Å². The van der Waals surface area contributed by atoms with E-state index < -0.39 is 9.84 Å². The summed E-state index contributed by atoms with van der Waals surface area (Å²) < 4.78 is 22.0. The molecule has 0 unspecified atom stereocenters. The molecule has 4 N–H and O–H groups in total. The van der Waals surface area contributed by atoms with Crippen molar-refractivity contribution in [2.45, 2.75) is 6.42 Å². The Morgan fingerprint density at radius 2 is 1.84 bits per heavy atom. The second-order valence-electron chi connectivity index (χ2n) is 4.23. The van der Waals surface area contributed by atoms with Crippen LogP contribution in [-0.4, -0.2) is 56.0 Å². The summed E-state index contributed by atoms with van der Waals surface area (Å²) in [7, 11) is 0.643. The topological polar surface area (TPSA) is 126 Å². The standard InChI is InChI=1S/C9H19N7O2S/c1-16(2)9-13-7(12-8(14-9)15-10)11-5-4-6-19(3,17)18/h4-6,10H2,1-3H3,(H2,11,12,13,14,15). The largest absolute Gasteiger partial charge is 0.354 e. The van der Waals surface area contributed by atoms with E-state index in [2.05, 4.69) is 25.7 Å². The second kappa shape index (κ2) is 6.48. The minimum absolute atomic E-state index is 0.119. The Bertz CT molecular complexity index is 517. The van der Waals surface area contributed by atoms with Crippen molar-refractivity contribution in [3.05, 3.63) is 0 Å². The molecule has 0 amide bonds. The third kappa shape index (κ3) is 5.66. The molecule has 0 fully saturated rings. The molecule has 9 nitrogen and oxygen atoms in total. The van der Waals surface area contributed by atoms with Gasteiger partial charge in [0, 0.05) is 26.9 Å². The number of nitrogen functional groups attached to an aromatic ring is 1. The van der Waals surface area contributed by atoms with E-state index in [1.54, 1.807) is 19.0 Å². The number of nitrogens with two attached hydrogens (primary N) is 1. The lowest BCUT2D eigenvalue weighted by Crippen LogP contribution is -2.19. The average Bonchev–Trinajstić information content (AvgIpc) is 2.33. The van der Waals surface area contributed by atoms with E-state index in [4.69, 9.17) is 5.84 Å². The molecule has 0 saturated carbocycles. The normalized spacial score (nSPS) is 11.2. The van der Waals surface area contributed by atoms with Gasteiger partial charge in [-0.25, -0.2) is 14.3 Å². The lowest BCUT2D eigenvalue weighted by molar-refractivity contribution is 0.600. The van der Waals surface area contributed by atoms with Gasteiger partial charge >= 0.3 is 0 Å². The van der Waals surface area contributed by atoms with Gasteiger partial charge in [-0.1, -0.05) is 0 Å². The van der Waals surface area contributed by atoms with Gasteiger partial charge in [-0.2, -0.15) is 15.0 Å². The van der Waals surface area contributed by atoms with Gasteiger partial charge in [0.2, 0.25) is 17.8 Å². The van der Waals surface area contributed by atoms with Gasteiger partial charge in [-0.15, -0.1) is 0 Å². The first kappa shape index (κ1) is 15.4. The van der Waals surface area contributed by atoms with Crippen molar-refractivity contribution in [1.82, 2.24) is 15.0 Å². The van der Waals surface area contributed by atoms with Crippen LogP contribution in [-0.2, 0) is 9.84 Å². The highest BCUT2D eigenvalue weighted by atomic mass is 32.2. The Morgan fingerprint density at radius 3 is 2.37 bits per heavy atom. The van der Waals surface area contributed by atoms with E-state index in [1.807, 2.05) is 0 Å². The molecular formula is C9H19N7O2S. The molecule has 0 aliphatic rings. The Balaban J connectivity index is 2.65. The lowest BCUT2D eigenvalue weighted by atomic mass is 10.5. The molecule has 108 valence electrons. The molecule has 0 spiro atoms. The van der Waals surface area contributed by atoms with E-state index in [0.29, 0.717) is 24.9 Å². The van der Waals surface area contributed by atoms with Crippen molar-refractivity contribution in [3.63, 3.8) is 0 Å². The minimum Gasteiger partial charge on any atom is -0.354 e. The highest BCUT2D eigenvalue weighted by Gasteiger charge is 2.07. The molecule has 1 aromatic rings. The fourth-order valence-electron chi connectivity index (χ4n) is 1.24. The fourth-order valence-corrected chi connectivity index (χ4v) is 1.91. The summed E-state index contributed by atoms with van der Waals surface area (Å²) >= 11 is 0. The number of nitrogens with zero attached hydrogens (tertiary/aromatic N) is 4. The first-order valence-electron chi connectivity index (χ1n) is 5.63. The number of rotatable bonds is 7. The molecule has 10 heteroatoms. The van der Waals surface area contributed by atoms with Crippen LogP contribution in [0.4, 0.5) is 17.8 Å². The molecule has 1 heterocycles. The van der Waals surface area contributed by atoms with Gasteiger partial charge in [0.15, 0.2) is 0 Å². The maximum Gasteiger partial charge on any atom is 0.243 e. The molecule has 1 aromatic heterocycles. The van der Waals surface area contributed by atoms with Crippen molar-refractivity contribution in [2.24, 2.45) is 5.84 Å². The summed E-state index contributed by atoms with van der Waals surface area (Å²) in [4.78, 5) is 13.9. The molecule has 0 bridgehead atoms. The molecule has 0 aliphatic carbocycles. The predicted molar refractivity (Wildman–Crippen MR) is 74.8 cm³/mol. The highest BCUT2D eigenvalue weighted by Crippen LogP contribution is 2.10. The molecular weight excluding hydrogens is 270 g/mol. The quantitative estimate of drug-likeness (QED) is 0.331. The van der Waals surface area contributed by atoms with Crippen LogP contribution in [0.3, 0.4) is 0 Å². The number of hydrogen-bond donors (Lipinski definition) is 3. The molecule has 0 aliphatic heterocycles. The zero-order valence-electron chi connectivity index (χ0n) is 11.2. The zero-order chi connectivity index (χ0) is 14.5. The van der Waals surface area contributed by atoms with Gasteiger partial charge in [0.1, 0.15) is 9.84 Å². The summed E-state index contributed by atoms with van der Waals surface area (Å²) in [6, 6.07) is 0. The van der Waals surface area contributed by atoms with Crippen LogP contribution in [0.2, 0.25) is 0 Å². The van der Waals surface area contributed by atoms with Crippen molar-refractivity contribution in [2.75, 3.05) is 48.3 Å². The Kier molecular flexibility index (Phi) is 5.24. The predicted octanol–water partition coefficient (Wildman–Crippen LogP) is -0.930. The van der Waals surface area contributed by atoms with E-state index in [9.17, 15) is 8.42 Å². The van der Waals surface area contributed by atoms with Crippen LogP contribution < -0.4 is 21.5 Å². The van der Waals surface area contributed by atoms with Gasteiger partial charge in [-0.3, -0.25) is 5.43 Å². The van der Waals surface area contributed by atoms with Gasteiger partial charge in [0.25, 0.3) is 0 Å². The lowest BCUT2D eigenvalue weighted by Gasteiger charge is -2.13. The van der Waals surface area contributed by atoms with Crippen LogP contribution in [0, 0.1) is 0 Å². The number of hydrazine groups is 1. The fraction of sp³-hybridized carbons (Fsp3) is 0.667. The number of nitrogens with one attached hydrogen (secondary N) is 2. The average molecular weight is 289 g/mol. The van der Waals surface area contributed by atoms with Crippen molar-refractivity contribution in [1.29, 1.82) is 0 Å². The molecule has 0 atom stereocenters. The maximum atomic E-state index is 11.0. The maximum absolute atomic E-state index is 11.0. The Hall–Kier alpha value is -1.68. The first-order valence-corrected chi connectivity index (χ1v) is 7.69. The molecule has 1 rings (SSSR count). The summed E-state index contributed by atoms with van der Waals surface area (Å²) in [6.45, 7) is 0.452. The molecule has 19 heavy (non-hydrogen) atoms. The van der Waals surface area contributed by atoms with Crippen LogP contribution in [0.25, 0.3) is 0 Å². The van der Waals surface area contributed by atoms with Gasteiger partial charge in [-0.05, 0) is 6.42 Å². The van der Waals surface area contributed by atoms with E-state index in [-0.39, 0.29) is 11.7 Å². The van der Waals surface area contributed by atoms with Crippen LogP contribution in [0.5, 0.6) is 0 Å². The van der Waals surface area contributed by atoms with E-state index in [1.165, 1.54) is 6.26 Å². The highest BCUT2D eigenvalue weighted by molar-refractivity contribution is 7.90. The summed E-state index contributed by atoms with van der Waals surface area (Å²) in [5, 5.41) is 2.94. The molecule has 0 saturated heterocycles. The summed E-state index contributed by atoms with van der Waals surface area (Å²) in [5.41, 5.74) is 2.35. The summed E-state index contributed by atoms with van der Waals surface area (Å²) in [5.74, 6) is 6.43. The second-order valence-corrected chi connectivity index (χ2v) is 6.49. The smallest absolute Gasteiger partial charge is 0.243 e. The van der Waals surface area contributed by atoms with Crippen LogP contribution in [0.15, 0.2) is 0 Å². The van der Waals surface area contributed by atoms with Gasteiger partial charge < -0.3 is 10.2 Å². The number of hydrogen-bond acceptors (Lipinski definition) is 9. The number of aromatic nitrogens is 3. The third-order valence-corrected chi connectivity index (χ3v) is 3.16. The third-order valence-electron chi connectivity index (χ3n) is 2.13. The monoisotopic (exact) mass is 289 g/mol. The van der Waals surface area contributed by atoms with Gasteiger partial charge in [0.05, 0.1) is 5.75 Å². The Morgan fingerprint density at radius 1 is 1.21 bits per heavy atom. The minimum atomic E-state index is -2.95. The number of sulfone groups is 1. The van der Waals surface area contributed by atoms with Crippen molar-refractivity contribution >= 4 is 27.7 Å². The van der Waals surface area contributed by atoms with Crippen molar-refractivity contribution < 1.29 is 8.42 Å².